The third-order valence-electron chi connectivity index (χ3n) is 8.02. The fraction of sp³-hybridized carbons (Fsp3) is 0.500. The Morgan fingerprint density at radius 2 is 2.05 bits per heavy atom. The molecular formula is C30H38N6O3. The van der Waals surface area contributed by atoms with Crippen LogP contribution in [0.2, 0.25) is 0 Å². The van der Waals surface area contributed by atoms with Crippen molar-refractivity contribution in [3.8, 4) is 0 Å². The monoisotopic (exact) mass is 530 g/mol. The van der Waals surface area contributed by atoms with E-state index in [9.17, 15) is 9.59 Å². The largest absolute Gasteiger partial charge is 0.444 e. The second-order valence-electron chi connectivity index (χ2n) is 12.1. The van der Waals surface area contributed by atoms with Crippen LogP contribution in [0.5, 0.6) is 0 Å². The number of alkyl carbamates (subject to hydrolysis) is 1. The molecule has 4 aliphatic rings. The van der Waals surface area contributed by atoms with E-state index < -0.39 is 11.7 Å². The molecule has 3 aliphatic heterocycles. The van der Waals surface area contributed by atoms with Gasteiger partial charge >= 0.3 is 6.09 Å². The second-order valence-corrected chi connectivity index (χ2v) is 12.1. The van der Waals surface area contributed by atoms with E-state index in [1.807, 2.05) is 37.8 Å². The number of amidine groups is 1. The normalized spacial score (nSPS) is 26.1. The lowest BCUT2D eigenvalue weighted by atomic mass is 9.96. The van der Waals surface area contributed by atoms with Gasteiger partial charge < -0.3 is 29.7 Å². The molecule has 1 aromatic carbocycles. The zero-order valence-electron chi connectivity index (χ0n) is 23.4. The molecule has 0 spiro atoms. The summed E-state index contributed by atoms with van der Waals surface area (Å²) >= 11 is 0. The zero-order chi connectivity index (χ0) is 27.5. The van der Waals surface area contributed by atoms with Crippen molar-refractivity contribution in [3.05, 3.63) is 53.8 Å². The molecule has 1 saturated heterocycles. The summed E-state index contributed by atoms with van der Waals surface area (Å²) in [5.41, 5.74) is 3.60. The Labute approximate surface area is 229 Å². The van der Waals surface area contributed by atoms with Gasteiger partial charge in [0.15, 0.2) is 0 Å². The molecule has 1 aliphatic carbocycles. The smallest absolute Gasteiger partial charge is 0.407 e. The maximum Gasteiger partial charge on any atom is 0.407 e. The van der Waals surface area contributed by atoms with Gasteiger partial charge in [-0.15, -0.1) is 0 Å². The average molecular weight is 531 g/mol. The van der Waals surface area contributed by atoms with Crippen molar-refractivity contribution in [2.75, 3.05) is 32.0 Å². The number of rotatable bonds is 3. The first kappa shape index (κ1) is 25.5. The number of anilines is 1. The average Bonchev–Trinajstić information content (AvgIpc) is 3.43. The van der Waals surface area contributed by atoms with Crippen LogP contribution in [0, 0.1) is 0 Å². The minimum absolute atomic E-state index is 0.0143. The van der Waals surface area contributed by atoms with Crippen molar-refractivity contribution < 1.29 is 14.3 Å². The second kappa shape index (κ2) is 9.47. The number of piperidine rings is 1. The molecule has 2 aromatic rings. The lowest BCUT2D eigenvalue weighted by Gasteiger charge is -2.34. The number of ether oxygens (including phenoxy) is 1. The fourth-order valence-corrected chi connectivity index (χ4v) is 6.23. The Morgan fingerprint density at radius 3 is 2.85 bits per heavy atom. The molecule has 4 heterocycles. The minimum Gasteiger partial charge on any atom is -0.444 e. The third-order valence-corrected chi connectivity index (χ3v) is 8.02. The highest BCUT2D eigenvalue weighted by atomic mass is 16.6. The summed E-state index contributed by atoms with van der Waals surface area (Å²) in [5, 5.41) is 7.69. The standard InChI is InChI=1S/C30H38N6O3/c1-18-16-31-22-10-6-8-19-15-25(36(18)26(19)22)27-33-23-14-20(11-12-24(23)34(27)5)28(37)35-13-7-9-21(17-35)32-29(38)39-30(2,3)4/h6,8,10-12,14-15,18,21,23-24,31H,7,9,13,16-17H2,1-5H3,(H,32,38)/t18?,21-,23?,24?/m1/s1. The van der Waals surface area contributed by atoms with E-state index in [1.54, 1.807) is 0 Å². The molecular weight excluding hydrogens is 492 g/mol. The van der Waals surface area contributed by atoms with Crippen molar-refractivity contribution in [1.29, 1.82) is 0 Å². The van der Waals surface area contributed by atoms with Crippen LogP contribution in [-0.4, -0.2) is 82.6 Å². The van der Waals surface area contributed by atoms with Crippen molar-refractivity contribution in [2.45, 2.75) is 70.3 Å². The van der Waals surface area contributed by atoms with Gasteiger partial charge in [0.1, 0.15) is 11.4 Å². The Bertz CT molecular complexity index is 1410. The van der Waals surface area contributed by atoms with Crippen LogP contribution in [0.15, 0.2) is 53.1 Å². The summed E-state index contributed by atoms with van der Waals surface area (Å²) in [7, 11) is 2.09. The zero-order valence-corrected chi connectivity index (χ0v) is 23.4. The molecule has 1 fully saturated rings. The predicted octanol–water partition coefficient (Wildman–Crippen LogP) is 4.07. The molecule has 4 atom stereocenters. The van der Waals surface area contributed by atoms with Crippen LogP contribution >= 0.6 is 0 Å². The topological polar surface area (TPSA) is 91.2 Å². The highest BCUT2D eigenvalue weighted by Gasteiger charge is 2.37. The molecule has 9 heteroatoms. The van der Waals surface area contributed by atoms with Gasteiger partial charge in [0, 0.05) is 49.7 Å². The van der Waals surface area contributed by atoms with Crippen LogP contribution in [0.1, 0.15) is 52.3 Å². The van der Waals surface area contributed by atoms with Crippen LogP contribution in [0.4, 0.5) is 10.5 Å². The van der Waals surface area contributed by atoms with Crippen molar-refractivity contribution in [2.24, 2.45) is 4.99 Å². The van der Waals surface area contributed by atoms with Crippen molar-refractivity contribution in [3.63, 3.8) is 0 Å². The number of para-hydroxylation sites is 1. The van der Waals surface area contributed by atoms with Crippen LogP contribution in [-0.2, 0) is 9.53 Å². The Morgan fingerprint density at radius 1 is 1.23 bits per heavy atom. The number of amides is 2. The number of aromatic nitrogens is 1. The molecule has 2 N–H and O–H groups in total. The number of hydrogen-bond acceptors (Lipinski definition) is 6. The van der Waals surface area contributed by atoms with E-state index in [1.165, 1.54) is 10.9 Å². The highest BCUT2D eigenvalue weighted by molar-refractivity contribution is 6.06. The predicted molar refractivity (Wildman–Crippen MR) is 153 cm³/mol. The number of aliphatic imine (C=N–C) groups is 1. The summed E-state index contributed by atoms with van der Waals surface area (Å²) in [6.07, 6.45) is 7.27. The van der Waals surface area contributed by atoms with Crippen molar-refractivity contribution >= 4 is 34.4 Å². The minimum atomic E-state index is -0.557. The summed E-state index contributed by atoms with van der Waals surface area (Å²) in [6, 6.07) is 8.73. The lowest BCUT2D eigenvalue weighted by Crippen LogP contribution is -2.51. The molecule has 0 radical (unpaired) electrons. The van der Waals surface area contributed by atoms with E-state index in [-0.39, 0.29) is 24.0 Å². The van der Waals surface area contributed by atoms with E-state index in [4.69, 9.17) is 9.73 Å². The van der Waals surface area contributed by atoms with E-state index in [0.717, 1.165) is 36.6 Å². The number of nitrogens with one attached hydrogen (secondary N) is 2. The number of likely N-dealkylation sites (N-methyl/N-ethyl adjacent to an activating group) is 1. The van der Waals surface area contributed by atoms with Gasteiger partial charge in [-0.2, -0.15) is 0 Å². The van der Waals surface area contributed by atoms with Gasteiger partial charge in [-0.05, 0) is 58.7 Å². The lowest BCUT2D eigenvalue weighted by molar-refractivity contribution is -0.128. The molecule has 2 amide bonds. The van der Waals surface area contributed by atoms with Gasteiger partial charge in [0.05, 0.1) is 29.0 Å². The van der Waals surface area contributed by atoms with Gasteiger partial charge in [0.2, 0.25) is 0 Å². The van der Waals surface area contributed by atoms with E-state index in [0.29, 0.717) is 24.7 Å². The Kier molecular flexibility index (Phi) is 6.19. The summed E-state index contributed by atoms with van der Waals surface area (Å²) in [4.78, 5) is 35.0. The fourth-order valence-electron chi connectivity index (χ4n) is 6.23. The highest BCUT2D eigenvalue weighted by Crippen LogP contribution is 2.36. The first-order chi connectivity index (χ1) is 18.6. The van der Waals surface area contributed by atoms with Gasteiger partial charge in [-0.3, -0.25) is 9.79 Å². The summed E-state index contributed by atoms with van der Waals surface area (Å²) in [6.45, 7) is 9.78. The number of nitrogens with zero attached hydrogens (tertiary/aromatic N) is 4. The number of fused-ring (bicyclic) bond motifs is 1. The number of benzene rings is 1. The Balaban J connectivity index is 1.21. The van der Waals surface area contributed by atoms with Gasteiger partial charge in [-0.25, -0.2) is 4.79 Å². The van der Waals surface area contributed by atoms with Crippen molar-refractivity contribution in [1.82, 2.24) is 19.7 Å². The molecule has 9 nitrogen and oxygen atoms in total. The van der Waals surface area contributed by atoms with Gasteiger partial charge in [0.25, 0.3) is 5.91 Å². The summed E-state index contributed by atoms with van der Waals surface area (Å²) in [5.74, 6) is 0.939. The molecule has 6 rings (SSSR count). The quantitative estimate of drug-likeness (QED) is 0.624. The molecule has 0 bridgehead atoms. The molecule has 1 aromatic heterocycles. The molecule has 0 saturated carbocycles. The van der Waals surface area contributed by atoms with Crippen LogP contribution in [0.3, 0.4) is 0 Å². The Hall–Kier alpha value is -3.75. The number of likely N-dealkylation sites (tertiary alicyclic amines) is 1. The summed E-state index contributed by atoms with van der Waals surface area (Å²) < 4.78 is 7.81. The number of carbonyl (C=O) groups excluding carboxylic acids is 2. The molecule has 206 valence electrons. The van der Waals surface area contributed by atoms with Crippen LogP contribution < -0.4 is 10.6 Å². The first-order valence-corrected chi connectivity index (χ1v) is 14.0. The number of carbonyl (C=O) groups is 2. The van der Waals surface area contributed by atoms with E-state index in [2.05, 4.69) is 64.4 Å². The van der Waals surface area contributed by atoms with Crippen LogP contribution in [0.25, 0.3) is 10.9 Å². The molecule has 3 unspecified atom stereocenters. The maximum absolute atomic E-state index is 13.5. The SMILES string of the molecule is CC1CNc2cccc3cc(C4=NC5C=C(C(=O)N6CCC[C@@H](NC(=O)OC(C)(C)C)C6)C=CC5N4C)n1c23. The molecule has 39 heavy (non-hydrogen) atoms. The third kappa shape index (κ3) is 4.68. The first-order valence-electron chi connectivity index (χ1n) is 14.0. The number of hydrogen-bond donors (Lipinski definition) is 2. The van der Waals surface area contributed by atoms with Gasteiger partial charge in [-0.1, -0.05) is 24.3 Å². The maximum atomic E-state index is 13.5. The van der Waals surface area contributed by atoms with E-state index >= 15 is 0 Å².